The molecule has 0 saturated carbocycles. The molecule has 184 valence electrons. The molecule has 34 heavy (non-hydrogen) atoms. The van der Waals surface area contributed by atoms with E-state index in [-0.39, 0.29) is 23.9 Å². The summed E-state index contributed by atoms with van der Waals surface area (Å²) in [6.45, 7) is 2.44. The van der Waals surface area contributed by atoms with Gasteiger partial charge in [0.2, 0.25) is 15.9 Å². The van der Waals surface area contributed by atoms with Crippen LogP contribution < -0.4 is 9.62 Å². The van der Waals surface area contributed by atoms with Gasteiger partial charge in [0.25, 0.3) is 0 Å². The molecule has 1 amide bonds. The Labute approximate surface area is 211 Å². The average Bonchev–Trinajstić information content (AvgIpc) is 2.80. The number of hydrogen-bond donors (Lipinski definition) is 1. The molecule has 0 radical (unpaired) electrons. The van der Waals surface area contributed by atoms with Gasteiger partial charge in [-0.1, -0.05) is 35.3 Å². The molecule has 2 atom stereocenters. The van der Waals surface area contributed by atoms with Crippen molar-refractivity contribution >= 4 is 45.0 Å². The van der Waals surface area contributed by atoms with Crippen LogP contribution in [-0.2, 0) is 14.8 Å². The summed E-state index contributed by atoms with van der Waals surface area (Å²) in [4.78, 5) is 21.8. The van der Waals surface area contributed by atoms with Crippen LogP contribution in [0.15, 0.2) is 42.6 Å². The SMILES string of the molecule is CS(=O)(=O)NC1CCN(CCC2[C@H](c3ccc(Cl)c(Cl)c3)CCC(=O)N2c2ccccn2)CC1. The molecule has 4 rings (SSSR count). The minimum absolute atomic E-state index is 0.0171. The van der Waals surface area contributed by atoms with Gasteiger partial charge in [0, 0.05) is 37.2 Å². The molecule has 10 heteroatoms. The molecule has 1 aromatic carbocycles. The van der Waals surface area contributed by atoms with Gasteiger partial charge in [0.1, 0.15) is 5.82 Å². The summed E-state index contributed by atoms with van der Waals surface area (Å²) in [7, 11) is -3.20. The molecule has 2 aromatic rings. The predicted molar refractivity (Wildman–Crippen MR) is 136 cm³/mol. The summed E-state index contributed by atoms with van der Waals surface area (Å²) in [5.74, 6) is 0.855. The van der Waals surface area contributed by atoms with Gasteiger partial charge >= 0.3 is 0 Å². The number of anilines is 1. The highest BCUT2D eigenvalue weighted by Crippen LogP contribution is 2.39. The van der Waals surface area contributed by atoms with Crippen LogP contribution in [0.2, 0.25) is 10.0 Å². The molecule has 0 spiro atoms. The largest absolute Gasteiger partial charge is 0.303 e. The molecule has 0 aliphatic carbocycles. The molecule has 3 heterocycles. The number of aromatic nitrogens is 1. The average molecular weight is 526 g/mol. The first-order valence-corrected chi connectivity index (χ1v) is 14.2. The quantitative estimate of drug-likeness (QED) is 0.590. The number of pyridine rings is 1. The van der Waals surface area contributed by atoms with Crippen molar-refractivity contribution in [3.05, 3.63) is 58.2 Å². The fraction of sp³-hybridized carbons (Fsp3) is 0.500. The Balaban J connectivity index is 1.52. The van der Waals surface area contributed by atoms with E-state index in [1.807, 2.05) is 41.3 Å². The summed E-state index contributed by atoms with van der Waals surface area (Å²) >= 11 is 12.5. The van der Waals surface area contributed by atoms with Crippen molar-refractivity contribution in [2.45, 2.75) is 50.1 Å². The van der Waals surface area contributed by atoms with E-state index in [0.717, 1.165) is 50.9 Å². The number of carbonyl (C=O) groups excluding carboxylic acids is 1. The second kappa shape index (κ2) is 10.9. The first-order chi connectivity index (χ1) is 16.2. The summed E-state index contributed by atoms with van der Waals surface area (Å²) in [5, 5.41) is 1.03. The minimum atomic E-state index is -3.20. The summed E-state index contributed by atoms with van der Waals surface area (Å²) in [6, 6.07) is 11.3. The molecule has 2 aliphatic heterocycles. The number of nitrogens with one attached hydrogen (secondary N) is 1. The van der Waals surface area contributed by atoms with Gasteiger partial charge in [-0.15, -0.1) is 0 Å². The van der Waals surface area contributed by atoms with Crippen molar-refractivity contribution in [3.63, 3.8) is 0 Å². The van der Waals surface area contributed by atoms with Crippen LogP contribution in [-0.4, -0.2) is 62.2 Å². The summed E-state index contributed by atoms with van der Waals surface area (Å²) in [6.07, 6.45) is 6.42. The molecule has 2 fully saturated rings. The van der Waals surface area contributed by atoms with Gasteiger partial charge in [-0.3, -0.25) is 9.69 Å². The summed E-state index contributed by atoms with van der Waals surface area (Å²) in [5.41, 5.74) is 1.07. The van der Waals surface area contributed by atoms with Gasteiger partial charge in [-0.05, 0) is 68.6 Å². The van der Waals surface area contributed by atoms with E-state index in [4.69, 9.17) is 23.2 Å². The minimum Gasteiger partial charge on any atom is -0.303 e. The number of rotatable bonds is 7. The molecule has 0 bridgehead atoms. The Morgan fingerprint density at radius 2 is 1.85 bits per heavy atom. The second-order valence-corrected chi connectivity index (χ2v) is 11.7. The van der Waals surface area contributed by atoms with E-state index in [2.05, 4.69) is 14.6 Å². The van der Waals surface area contributed by atoms with Crippen molar-refractivity contribution in [2.24, 2.45) is 0 Å². The van der Waals surface area contributed by atoms with E-state index in [1.165, 1.54) is 6.26 Å². The Hall–Kier alpha value is -1.71. The van der Waals surface area contributed by atoms with Crippen LogP contribution in [0.5, 0.6) is 0 Å². The first kappa shape index (κ1) is 25.4. The molecular weight excluding hydrogens is 495 g/mol. The van der Waals surface area contributed by atoms with E-state index < -0.39 is 10.0 Å². The maximum atomic E-state index is 13.1. The second-order valence-electron chi connectivity index (χ2n) is 9.13. The van der Waals surface area contributed by atoms with Gasteiger partial charge < -0.3 is 4.90 Å². The molecule has 1 N–H and O–H groups in total. The van der Waals surface area contributed by atoms with Gasteiger partial charge in [0.05, 0.1) is 16.3 Å². The number of halogens is 2. The van der Waals surface area contributed by atoms with Gasteiger partial charge in [-0.25, -0.2) is 18.1 Å². The number of likely N-dealkylation sites (tertiary alicyclic amines) is 1. The monoisotopic (exact) mass is 524 g/mol. The van der Waals surface area contributed by atoms with E-state index in [1.54, 1.807) is 6.20 Å². The summed E-state index contributed by atoms with van der Waals surface area (Å²) < 4.78 is 25.8. The van der Waals surface area contributed by atoms with Crippen LogP contribution in [0.25, 0.3) is 0 Å². The molecule has 7 nitrogen and oxygen atoms in total. The number of hydrogen-bond acceptors (Lipinski definition) is 5. The van der Waals surface area contributed by atoms with Crippen LogP contribution in [0.3, 0.4) is 0 Å². The van der Waals surface area contributed by atoms with Crippen molar-refractivity contribution < 1.29 is 13.2 Å². The van der Waals surface area contributed by atoms with E-state index in [0.29, 0.717) is 22.3 Å². The highest BCUT2D eigenvalue weighted by Gasteiger charge is 2.38. The lowest BCUT2D eigenvalue weighted by molar-refractivity contribution is -0.120. The Morgan fingerprint density at radius 3 is 2.50 bits per heavy atom. The van der Waals surface area contributed by atoms with Crippen LogP contribution in [0.4, 0.5) is 5.82 Å². The zero-order valence-corrected chi connectivity index (χ0v) is 21.5. The van der Waals surface area contributed by atoms with Crippen LogP contribution in [0.1, 0.15) is 43.6 Å². The van der Waals surface area contributed by atoms with Gasteiger partial charge in [-0.2, -0.15) is 0 Å². The predicted octanol–water partition coefficient (Wildman–Crippen LogP) is 4.07. The number of benzene rings is 1. The lowest BCUT2D eigenvalue weighted by atomic mass is 9.81. The van der Waals surface area contributed by atoms with Crippen molar-refractivity contribution in [2.75, 3.05) is 30.8 Å². The Kier molecular flexibility index (Phi) is 8.15. The van der Waals surface area contributed by atoms with Gasteiger partial charge in [0.15, 0.2) is 0 Å². The third kappa shape index (κ3) is 6.29. The zero-order valence-electron chi connectivity index (χ0n) is 19.2. The normalized spacial score (nSPS) is 22.8. The highest BCUT2D eigenvalue weighted by molar-refractivity contribution is 7.88. The smallest absolute Gasteiger partial charge is 0.228 e. The van der Waals surface area contributed by atoms with Crippen LogP contribution in [0, 0.1) is 0 Å². The third-order valence-electron chi connectivity index (χ3n) is 6.71. The number of nitrogens with zero attached hydrogens (tertiary/aromatic N) is 3. The van der Waals surface area contributed by atoms with E-state index >= 15 is 0 Å². The maximum absolute atomic E-state index is 13.1. The third-order valence-corrected chi connectivity index (χ3v) is 8.21. The topological polar surface area (TPSA) is 82.6 Å². The first-order valence-electron chi connectivity index (χ1n) is 11.6. The van der Waals surface area contributed by atoms with Crippen LogP contribution >= 0.6 is 23.2 Å². The maximum Gasteiger partial charge on any atom is 0.228 e. The fourth-order valence-corrected chi connectivity index (χ4v) is 6.25. The molecule has 1 unspecified atom stereocenters. The Bertz CT molecular complexity index is 1110. The number of sulfonamides is 1. The molecule has 1 aromatic heterocycles. The fourth-order valence-electron chi connectivity index (χ4n) is 5.10. The Morgan fingerprint density at radius 1 is 1.09 bits per heavy atom. The van der Waals surface area contributed by atoms with E-state index in [9.17, 15) is 13.2 Å². The lowest BCUT2D eigenvalue weighted by Crippen LogP contribution is -2.50. The number of piperidine rings is 2. The van der Waals surface area contributed by atoms with Crippen molar-refractivity contribution in [1.82, 2.24) is 14.6 Å². The van der Waals surface area contributed by atoms with Crippen molar-refractivity contribution in [3.8, 4) is 0 Å². The number of amides is 1. The van der Waals surface area contributed by atoms with Crippen molar-refractivity contribution in [1.29, 1.82) is 0 Å². The standard InChI is InChI=1S/C24H30Cl2N4O3S/c1-34(32,33)28-18-9-13-29(14-10-18)15-11-22-19(17-5-7-20(25)21(26)16-17)6-8-24(31)30(22)23-4-2-3-12-27-23/h2-5,7,12,16,18-19,22,28H,6,8-11,13-15H2,1H3/t19-,22?/m0/s1. The lowest BCUT2D eigenvalue weighted by Gasteiger charge is -2.42. The molecule has 2 aliphatic rings. The highest BCUT2D eigenvalue weighted by atomic mass is 35.5. The zero-order chi connectivity index (χ0) is 24.3. The number of carbonyl (C=O) groups is 1. The molecule has 2 saturated heterocycles. The molecular formula is C24H30Cl2N4O3S.